The third-order valence-corrected chi connectivity index (χ3v) is 6.64. The van der Waals surface area contributed by atoms with Crippen molar-refractivity contribution in [2.24, 2.45) is 0 Å². The fourth-order valence-electron chi connectivity index (χ4n) is 3.16. The van der Waals surface area contributed by atoms with Gasteiger partial charge in [0.05, 0.1) is 5.75 Å². The second-order valence-electron chi connectivity index (χ2n) is 7.42. The number of hydrogen-bond donors (Lipinski definition) is 1. The standard InChI is InChI=1S/C24H30Cl2N2O2S/c1-4-13-27-24(30)22(5-2)28(14-19-20(25)7-6-8-21(19)26)23(29)16-31-15-18-11-9-17(3)10-12-18/h6-12,22H,4-5,13-16H2,1-3H3,(H,27,30)/t22-/m1/s1. The Labute approximate surface area is 199 Å². The zero-order valence-corrected chi connectivity index (χ0v) is 20.6. The van der Waals surface area contributed by atoms with Gasteiger partial charge in [-0.05, 0) is 37.5 Å². The molecule has 2 amide bonds. The SMILES string of the molecule is CCCNC(=O)[C@@H](CC)N(Cc1c(Cl)cccc1Cl)C(=O)CSCc1ccc(C)cc1. The van der Waals surface area contributed by atoms with Gasteiger partial charge in [0.1, 0.15) is 6.04 Å². The first-order chi connectivity index (χ1) is 14.9. The summed E-state index contributed by atoms with van der Waals surface area (Å²) in [6, 6.07) is 13.0. The van der Waals surface area contributed by atoms with Gasteiger partial charge in [0.2, 0.25) is 11.8 Å². The monoisotopic (exact) mass is 480 g/mol. The highest BCUT2D eigenvalue weighted by Crippen LogP contribution is 2.27. The van der Waals surface area contributed by atoms with Crippen LogP contribution in [0, 0.1) is 6.92 Å². The third-order valence-electron chi connectivity index (χ3n) is 4.94. The lowest BCUT2D eigenvalue weighted by Gasteiger charge is -2.31. The lowest BCUT2D eigenvalue weighted by molar-refractivity contribution is -0.139. The Hall–Kier alpha value is -1.69. The van der Waals surface area contributed by atoms with E-state index in [1.807, 2.05) is 20.8 Å². The number of benzene rings is 2. The van der Waals surface area contributed by atoms with Gasteiger partial charge >= 0.3 is 0 Å². The fourth-order valence-corrected chi connectivity index (χ4v) is 4.55. The Morgan fingerprint density at radius 1 is 1.06 bits per heavy atom. The zero-order chi connectivity index (χ0) is 22.8. The molecule has 0 heterocycles. The molecule has 0 saturated carbocycles. The van der Waals surface area contributed by atoms with Crippen molar-refractivity contribution in [3.63, 3.8) is 0 Å². The summed E-state index contributed by atoms with van der Waals surface area (Å²) in [5.41, 5.74) is 3.03. The van der Waals surface area contributed by atoms with Crippen molar-refractivity contribution in [3.8, 4) is 0 Å². The summed E-state index contributed by atoms with van der Waals surface area (Å²) in [5, 5.41) is 3.89. The first-order valence-corrected chi connectivity index (χ1v) is 12.4. The van der Waals surface area contributed by atoms with Crippen molar-refractivity contribution in [1.82, 2.24) is 10.2 Å². The normalized spacial score (nSPS) is 11.8. The van der Waals surface area contributed by atoms with Gasteiger partial charge in [0.15, 0.2) is 0 Å². The summed E-state index contributed by atoms with van der Waals surface area (Å²) in [6.07, 6.45) is 1.34. The highest BCUT2D eigenvalue weighted by Gasteiger charge is 2.29. The first-order valence-electron chi connectivity index (χ1n) is 10.5. The van der Waals surface area contributed by atoms with E-state index in [9.17, 15) is 9.59 Å². The van der Waals surface area contributed by atoms with Crippen molar-refractivity contribution >= 4 is 46.8 Å². The van der Waals surface area contributed by atoms with Crippen molar-refractivity contribution in [1.29, 1.82) is 0 Å². The fraction of sp³-hybridized carbons (Fsp3) is 0.417. The van der Waals surface area contributed by atoms with Crippen molar-refractivity contribution in [3.05, 3.63) is 69.2 Å². The molecule has 0 bridgehead atoms. The van der Waals surface area contributed by atoms with Crippen LogP contribution in [0.25, 0.3) is 0 Å². The number of hydrogen-bond acceptors (Lipinski definition) is 3. The van der Waals surface area contributed by atoms with Crippen LogP contribution in [0.1, 0.15) is 43.4 Å². The van der Waals surface area contributed by atoms with Crippen LogP contribution in [0.3, 0.4) is 0 Å². The average Bonchev–Trinajstić information content (AvgIpc) is 2.75. The van der Waals surface area contributed by atoms with E-state index < -0.39 is 6.04 Å². The molecule has 0 unspecified atom stereocenters. The van der Waals surface area contributed by atoms with Crippen LogP contribution in [0.5, 0.6) is 0 Å². The second-order valence-corrected chi connectivity index (χ2v) is 9.22. The molecule has 0 spiro atoms. The van der Waals surface area contributed by atoms with E-state index in [0.29, 0.717) is 28.6 Å². The molecule has 168 valence electrons. The highest BCUT2D eigenvalue weighted by molar-refractivity contribution is 7.99. The van der Waals surface area contributed by atoms with Crippen molar-refractivity contribution < 1.29 is 9.59 Å². The topological polar surface area (TPSA) is 49.4 Å². The van der Waals surface area contributed by atoms with E-state index in [-0.39, 0.29) is 24.1 Å². The molecule has 0 aromatic heterocycles. The molecule has 0 aliphatic heterocycles. The Morgan fingerprint density at radius 2 is 1.71 bits per heavy atom. The molecule has 0 saturated heterocycles. The molecule has 2 aromatic rings. The summed E-state index contributed by atoms with van der Waals surface area (Å²) in [7, 11) is 0. The Bertz CT molecular complexity index is 854. The number of thioether (sulfide) groups is 1. The quantitative estimate of drug-likeness (QED) is 0.437. The van der Waals surface area contributed by atoms with Crippen LogP contribution in [-0.4, -0.2) is 35.1 Å². The van der Waals surface area contributed by atoms with Gasteiger partial charge in [-0.25, -0.2) is 0 Å². The summed E-state index contributed by atoms with van der Waals surface area (Å²) < 4.78 is 0. The number of nitrogens with zero attached hydrogens (tertiary/aromatic N) is 1. The predicted octanol–water partition coefficient (Wildman–Crippen LogP) is 5.87. The van der Waals surface area contributed by atoms with Crippen LogP contribution < -0.4 is 5.32 Å². The minimum absolute atomic E-state index is 0.105. The van der Waals surface area contributed by atoms with Crippen LogP contribution in [0.4, 0.5) is 0 Å². The van der Waals surface area contributed by atoms with Crippen molar-refractivity contribution in [2.45, 2.75) is 52.0 Å². The largest absolute Gasteiger partial charge is 0.354 e. The molecule has 7 heteroatoms. The molecule has 0 aliphatic rings. The van der Waals surface area contributed by atoms with Crippen LogP contribution in [-0.2, 0) is 21.9 Å². The molecule has 1 atom stereocenters. The molecule has 2 rings (SSSR count). The van der Waals surface area contributed by atoms with Gasteiger partial charge < -0.3 is 10.2 Å². The molecular weight excluding hydrogens is 451 g/mol. The molecule has 4 nitrogen and oxygen atoms in total. The van der Waals surface area contributed by atoms with Gasteiger partial charge in [0.25, 0.3) is 0 Å². The smallest absolute Gasteiger partial charge is 0.242 e. The first kappa shape index (κ1) is 25.6. The number of carbonyl (C=O) groups excluding carboxylic acids is 2. The minimum Gasteiger partial charge on any atom is -0.354 e. The minimum atomic E-state index is -0.577. The maximum Gasteiger partial charge on any atom is 0.242 e. The van der Waals surface area contributed by atoms with Gasteiger partial charge in [-0.15, -0.1) is 11.8 Å². The van der Waals surface area contributed by atoms with Gasteiger partial charge in [0, 0.05) is 34.5 Å². The van der Waals surface area contributed by atoms with E-state index in [1.54, 1.807) is 23.1 Å². The van der Waals surface area contributed by atoms with E-state index in [4.69, 9.17) is 23.2 Å². The zero-order valence-electron chi connectivity index (χ0n) is 18.3. The van der Waals surface area contributed by atoms with E-state index in [2.05, 4.69) is 29.6 Å². The maximum absolute atomic E-state index is 13.2. The van der Waals surface area contributed by atoms with Crippen LogP contribution >= 0.6 is 35.0 Å². The number of aryl methyl sites for hydroxylation is 1. The Balaban J connectivity index is 2.17. The molecule has 0 fully saturated rings. The summed E-state index contributed by atoms with van der Waals surface area (Å²) in [4.78, 5) is 27.6. The third kappa shape index (κ3) is 7.74. The lowest BCUT2D eigenvalue weighted by atomic mass is 10.1. The molecule has 0 radical (unpaired) electrons. The Morgan fingerprint density at radius 3 is 2.29 bits per heavy atom. The number of rotatable bonds is 11. The molecule has 2 aromatic carbocycles. The van der Waals surface area contributed by atoms with Crippen LogP contribution in [0.2, 0.25) is 10.0 Å². The van der Waals surface area contributed by atoms with Gasteiger partial charge in [-0.3, -0.25) is 9.59 Å². The Kier molecular flexibility index (Phi) is 10.7. The van der Waals surface area contributed by atoms with Gasteiger partial charge in [-0.1, -0.05) is 72.9 Å². The summed E-state index contributed by atoms with van der Waals surface area (Å²) >= 11 is 14.3. The van der Waals surface area contributed by atoms with E-state index in [0.717, 1.165) is 17.7 Å². The average molecular weight is 481 g/mol. The number of halogens is 2. The summed E-state index contributed by atoms with van der Waals surface area (Å²) in [5.74, 6) is 0.745. The van der Waals surface area contributed by atoms with Gasteiger partial charge in [-0.2, -0.15) is 0 Å². The lowest BCUT2D eigenvalue weighted by Crippen LogP contribution is -2.49. The number of carbonyl (C=O) groups is 2. The van der Waals surface area contributed by atoms with E-state index >= 15 is 0 Å². The highest BCUT2D eigenvalue weighted by atomic mass is 35.5. The molecule has 1 N–H and O–H groups in total. The van der Waals surface area contributed by atoms with E-state index in [1.165, 1.54) is 17.3 Å². The maximum atomic E-state index is 13.2. The molecule has 0 aliphatic carbocycles. The molecule has 31 heavy (non-hydrogen) atoms. The molecular formula is C24H30Cl2N2O2S. The van der Waals surface area contributed by atoms with Crippen molar-refractivity contribution in [2.75, 3.05) is 12.3 Å². The number of nitrogens with one attached hydrogen (secondary N) is 1. The summed E-state index contributed by atoms with van der Waals surface area (Å²) in [6.45, 7) is 6.72. The van der Waals surface area contributed by atoms with Crippen LogP contribution in [0.15, 0.2) is 42.5 Å². The second kappa shape index (κ2) is 13.0. The number of amides is 2. The predicted molar refractivity (Wildman–Crippen MR) is 132 cm³/mol.